The van der Waals surface area contributed by atoms with E-state index in [0.717, 1.165) is 61.7 Å². The van der Waals surface area contributed by atoms with Crippen LogP contribution in [0.25, 0.3) is 72.4 Å². The molecule has 0 amide bonds. The van der Waals surface area contributed by atoms with E-state index in [1.807, 2.05) is 48.8 Å². The van der Waals surface area contributed by atoms with Crippen LogP contribution in [-0.4, -0.2) is 24.1 Å². The van der Waals surface area contributed by atoms with Crippen LogP contribution in [0, 0.1) is 0 Å². The van der Waals surface area contributed by atoms with Crippen LogP contribution in [0.2, 0.25) is 0 Å². The fourth-order valence-electron chi connectivity index (χ4n) is 5.97. The number of hydrogen-bond acceptors (Lipinski definition) is 3. The Balaban J connectivity index is 1.48. The standard InChI is InChI=1S/C36H25N5/c1-40-33-18-5-3-16-31(33)39-36(40)25-22-28(30-15-7-9-20-38-30)35-27-13-2-4-17-32(27)41(34(35)23-25)26-12-10-11-24(21-26)29-14-6-8-19-37-29/h2-23H,1H3. The van der Waals surface area contributed by atoms with Gasteiger partial charge in [0, 0.05) is 52.6 Å². The summed E-state index contributed by atoms with van der Waals surface area (Å²) in [5.74, 6) is 0.921. The third-order valence-corrected chi connectivity index (χ3v) is 7.82. The van der Waals surface area contributed by atoms with E-state index in [1.54, 1.807) is 0 Å². The van der Waals surface area contributed by atoms with Gasteiger partial charge in [-0.2, -0.15) is 0 Å². The molecular weight excluding hydrogens is 502 g/mol. The number of pyridine rings is 2. The summed E-state index contributed by atoms with van der Waals surface area (Å²) in [5, 5.41) is 2.35. The molecule has 0 saturated heterocycles. The molecule has 5 nitrogen and oxygen atoms in total. The summed E-state index contributed by atoms with van der Waals surface area (Å²) in [4.78, 5) is 14.5. The molecule has 0 aliphatic carbocycles. The number of aromatic nitrogens is 5. The summed E-state index contributed by atoms with van der Waals surface area (Å²) in [6.07, 6.45) is 3.70. The van der Waals surface area contributed by atoms with Gasteiger partial charge in [-0.25, -0.2) is 4.98 Å². The molecule has 5 heteroatoms. The van der Waals surface area contributed by atoms with Crippen LogP contribution in [0.1, 0.15) is 0 Å². The second-order valence-electron chi connectivity index (χ2n) is 10.2. The largest absolute Gasteiger partial charge is 0.327 e. The van der Waals surface area contributed by atoms with Crippen molar-refractivity contribution in [2.24, 2.45) is 7.05 Å². The Morgan fingerprint density at radius 1 is 0.561 bits per heavy atom. The molecule has 194 valence electrons. The van der Waals surface area contributed by atoms with Crippen LogP contribution in [0.4, 0.5) is 0 Å². The average Bonchev–Trinajstić information content (AvgIpc) is 3.56. The minimum Gasteiger partial charge on any atom is -0.327 e. The zero-order valence-electron chi connectivity index (χ0n) is 22.4. The highest BCUT2D eigenvalue weighted by Gasteiger charge is 2.20. The van der Waals surface area contributed by atoms with Crippen molar-refractivity contribution in [1.82, 2.24) is 24.1 Å². The molecule has 4 aromatic carbocycles. The Bertz CT molecular complexity index is 2210. The normalized spacial score (nSPS) is 11.5. The number of para-hydroxylation sites is 3. The van der Waals surface area contributed by atoms with Gasteiger partial charge in [0.05, 0.1) is 33.5 Å². The monoisotopic (exact) mass is 527 g/mol. The molecule has 0 aliphatic rings. The molecule has 0 unspecified atom stereocenters. The number of rotatable bonds is 4. The summed E-state index contributed by atoms with van der Waals surface area (Å²) in [6.45, 7) is 0. The summed E-state index contributed by atoms with van der Waals surface area (Å²) in [6, 6.07) is 42.1. The molecule has 41 heavy (non-hydrogen) atoms. The lowest BCUT2D eigenvalue weighted by Gasteiger charge is -2.12. The van der Waals surface area contributed by atoms with Crippen LogP contribution in [0.3, 0.4) is 0 Å². The zero-order chi connectivity index (χ0) is 27.3. The van der Waals surface area contributed by atoms with Crippen molar-refractivity contribution in [2.45, 2.75) is 0 Å². The molecular formula is C36H25N5. The van der Waals surface area contributed by atoms with Gasteiger partial charge in [-0.1, -0.05) is 54.6 Å². The van der Waals surface area contributed by atoms with Crippen molar-refractivity contribution in [3.63, 3.8) is 0 Å². The number of aryl methyl sites for hydroxylation is 1. The lowest BCUT2D eigenvalue weighted by atomic mass is 9.99. The Labute approximate surface area is 237 Å². The Hall–Kier alpha value is -5.55. The summed E-state index contributed by atoms with van der Waals surface area (Å²) >= 11 is 0. The number of benzene rings is 4. The quantitative estimate of drug-likeness (QED) is 0.231. The Morgan fingerprint density at radius 3 is 2.07 bits per heavy atom. The maximum Gasteiger partial charge on any atom is 0.140 e. The van der Waals surface area contributed by atoms with Crippen molar-refractivity contribution >= 4 is 32.8 Å². The molecule has 4 heterocycles. The third-order valence-electron chi connectivity index (χ3n) is 7.82. The minimum absolute atomic E-state index is 0.921. The van der Waals surface area contributed by atoms with Gasteiger partial charge in [0.15, 0.2) is 0 Å². The number of fused-ring (bicyclic) bond motifs is 4. The predicted octanol–water partition coefficient (Wildman–Crippen LogP) is 8.46. The molecule has 0 spiro atoms. The van der Waals surface area contributed by atoms with Gasteiger partial charge in [-0.3, -0.25) is 9.97 Å². The minimum atomic E-state index is 0.921. The number of nitrogens with zero attached hydrogens (tertiary/aromatic N) is 5. The van der Waals surface area contributed by atoms with Gasteiger partial charge in [0.25, 0.3) is 0 Å². The fraction of sp³-hybridized carbons (Fsp3) is 0.0278. The SMILES string of the molecule is Cn1c(-c2cc(-c3ccccn3)c3c4ccccc4n(-c4cccc(-c5ccccn5)c4)c3c2)nc2ccccc21. The van der Waals surface area contributed by atoms with Crippen molar-refractivity contribution in [3.05, 3.63) is 134 Å². The van der Waals surface area contributed by atoms with Crippen LogP contribution in [0.5, 0.6) is 0 Å². The first-order valence-corrected chi connectivity index (χ1v) is 13.7. The highest BCUT2D eigenvalue weighted by atomic mass is 15.1. The fourth-order valence-corrected chi connectivity index (χ4v) is 5.97. The van der Waals surface area contributed by atoms with Crippen molar-refractivity contribution in [1.29, 1.82) is 0 Å². The van der Waals surface area contributed by atoms with Crippen LogP contribution in [0.15, 0.2) is 134 Å². The Kier molecular flexibility index (Phi) is 5.28. The maximum absolute atomic E-state index is 5.06. The number of hydrogen-bond donors (Lipinski definition) is 0. The summed E-state index contributed by atoms with van der Waals surface area (Å²) in [7, 11) is 2.08. The van der Waals surface area contributed by atoms with E-state index >= 15 is 0 Å². The average molecular weight is 528 g/mol. The molecule has 0 aliphatic heterocycles. The smallest absolute Gasteiger partial charge is 0.140 e. The van der Waals surface area contributed by atoms with Crippen LogP contribution >= 0.6 is 0 Å². The van der Waals surface area contributed by atoms with E-state index in [9.17, 15) is 0 Å². The van der Waals surface area contributed by atoms with E-state index in [0.29, 0.717) is 0 Å². The predicted molar refractivity (Wildman–Crippen MR) is 167 cm³/mol. The Morgan fingerprint density at radius 2 is 1.29 bits per heavy atom. The van der Waals surface area contributed by atoms with Crippen LogP contribution < -0.4 is 0 Å². The third kappa shape index (κ3) is 3.74. The maximum atomic E-state index is 5.06. The first-order chi connectivity index (χ1) is 20.3. The lowest BCUT2D eigenvalue weighted by Crippen LogP contribution is -1.97. The molecule has 8 aromatic rings. The molecule has 0 fully saturated rings. The van der Waals surface area contributed by atoms with E-state index in [2.05, 4.69) is 106 Å². The first-order valence-electron chi connectivity index (χ1n) is 13.7. The van der Waals surface area contributed by atoms with Gasteiger partial charge in [0.2, 0.25) is 0 Å². The molecule has 4 aromatic heterocycles. The topological polar surface area (TPSA) is 48.5 Å². The second-order valence-corrected chi connectivity index (χ2v) is 10.2. The molecule has 0 saturated carbocycles. The van der Waals surface area contributed by atoms with Gasteiger partial charge in [0.1, 0.15) is 5.82 Å². The second kappa shape index (κ2) is 9.28. The van der Waals surface area contributed by atoms with Crippen molar-refractivity contribution < 1.29 is 0 Å². The van der Waals surface area contributed by atoms with E-state index in [4.69, 9.17) is 9.97 Å². The molecule has 0 N–H and O–H groups in total. The molecule has 8 rings (SSSR count). The number of imidazole rings is 1. The zero-order valence-corrected chi connectivity index (χ0v) is 22.4. The van der Waals surface area contributed by atoms with E-state index in [1.165, 1.54) is 10.8 Å². The van der Waals surface area contributed by atoms with E-state index < -0.39 is 0 Å². The highest BCUT2D eigenvalue weighted by molar-refractivity contribution is 6.16. The molecule has 0 atom stereocenters. The van der Waals surface area contributed by atoms with Gasteiger partial charge < -0.3 is 9.13 Å². The van der Waals surface area contributed by atoms with Crippen molar-refractivity contribution in [3.8, 4) is 39.6 Å². The van der Waals surface area contributed by atoms with Crippen LogP contribution in [-0.2, 0) is 7.05 Å². The molecule has 0 bridgehead atoms. The summed E-state index contributed by atoms with van der Waals surface area (Å²) in [5.41, 5.74) is 10.5. The first kappa shape index (κ1) is 23.3. The van der Waals surface area contributed by atoms with Gasteiger partial charge >= 0.3 is 0 Å². The lowest BCUT2D eigenvalue weighted by molar-refractivity contribution is 0.959. The van der Waals surface area contributed by atoms with E-state index in [-0.39, 0.29) is 0 Å². The summed E-state index contributed by atoms with van der Waals surface area (Å²) < 4.78 is 4.53. The van der Waals surface area contributed by atoms with Gasteiger partial charge in [-0.15, -0.1) is 0 Å². The highest BCUT2D eigenvalue weighted by Crippen LogP contribution is 2.41. The van der Waals surface area contributed by atoms with Crippen molar-refractivity contribution in [2.75, 3.05) is 0 Å². The van der Waals surface area contributed by atoms with Gasteiger partial charge in [-0.05, 0) is 66.7 Å². The molecule has 0 radical (unpaired) electrons.